The first-order valence-corrected chi connectivity index (χ1v) is 7.54. The van der Waals surface area contributed by atoms with Crippen LogP contribution in [-0.2, 0) is 0 Å². The molecule has 2 aromatic carbocycles. The van der Waals surface area contributed by atoms with Crippen molar-refractivity contribution >= 4 is 56.9 Å². The van der Waals surface area contributed by atoms with Crippen molar-refractivity contribution in [3.8, 4) is 0 Å². The van der Waals surface area contributed by atoms with E-state index in [1.807, 2.05) is 54.6 Å². The minimum Gasteiger partial charge on any atom is -0.354 e. The summed E-state index contributed by atoms with van der Waals surface area (Å²) in [6, 6.07) is 13.3. The molecule has 0 bridgehead atoms. The Bertz CT molecular complexity index is 834. The molecule has 2 nitrogen and oxygen atoms in total. The normalized spacial score (nSPS) is 11.3. The molecule has 0 spiro atoms. The lowest BCUT2D eigenvalue weighted by Crippen LogP contribution is -1.81. The number of carbonyl (C=O) groups is 1. The van der Waals surface area contributed by atoms with Crippen molar-refractivity contribution in [2.24, 2.45) is 0 Å². The van der Waals surface area contributed by atoms with Crippen LogP contribution in [0.5, 0.6) is 0 Å². The third-order valence-electron chi connectivity index (χ3n) is 3.26. The second kappa shape index (κ2) is 5.88. The molecular weight excluding hydrogens is 350 g/mol. The Labute approximate surface area is 135 Å². The summed E-state index contributed by atoms with van der Waals surface area (Å²) in [6.45, 7) is 0. The van der Waals surface area contributed by atoms with Gasteiger partial charge < -0.3 is 4.98 Å². The number of halogens is 2. The highest BCUT2D eigenvalue weighted by Gasteiger charge is 2.08. The number of nitrogens with one attached hydrogen (secondary N) is 1. The van der Waals surface area contributed by atoms with Gasteiger partial charge in [0.25, 0.3) is 0 Å². The lowest BCUT2D eigenvalue weighted by molar-refractivity contribution is 0.112. The van der Waals surface area contributed by atoms with Crippen LogP contribution < -0.4 is 0 Å². The quantitative estimate of drug-likeness (QED) is 0.609. The number of H-pyrrole nitrogens is 1. The molecule has 4 heteroatoms. The van der Waals surface area contributed by atoms with Crippen LogP contribution in [0.4, 0.5) is 0 Å². The molecule has 0 aliphatic carbocycles. The van der Waals surface area contributed by atoms with E-state index in [1.165, 1.54) is 0 Å². The monoisotopic (exact) mass is 359 g/mol. The van der Waals surface area contributed by atoms with Gasteiger partial charge in [0.2, 0.25) is 0 Å². The second-order valence-electron chi connectivity index (χ2n) is 4.64. The Morgan fingerprint density at radius 2 is 1.81 bits per heavy atom. The Morgan fingerprint density at radius 1 is 1.05 bits per heavy atom. The van der Waals surface area contributed by atoms with Crippen LogP contribution in [-0.4, -0.2) is 11.3 Å². The van der Waals surface area contributed by atoms with Crippen molar-refractivity contribution < 1.29 is 4.79 Å². The zero-order valence-corrected chi connectivity index (χ0v) is 13.3. The zero-order valence-electron chi connectivity index (χ0n) is 10.9. The van der Waals surface area contributed by atoms with Crippen LogP contribution in [0.25, 0.3) is 23.1 Å². The summed E-state index contributed by atoms with van der Waals surface area (Å²) >= 11 is 9.30. The fourth-order valence-corrected chi connectivity index (χ4v) is 2.71. The van der Waals surface area contributed by atoms with Gasteiger partial charge in [0.15, 0.2) is 6.29 Å². The third kappa shape index (κ3) is 2.94. The Balaban J connectivity index is 2.03. The molecule has 0 saturated carbocycles. The van der Waals surface area contributed by atoms with E-state index in [4.69, 9.17) is 11.6 Å². The molecule has 0 unspecified atom stereocenters. The number of carbonyl (C=O) groups excluding carboxylic acids is 1. The van der Waals surface area contributed by atoms with Crippen molar-refractivity contribution in [1.82, 2.24) is 4.98 Å². The number of aromatic amines is 1. The molecule has 1 N–H and O–H groups in total. The fraction of sp³-hybridized carbons (Fsp3) is 0. The maximum Gasteiger partial charge on any atom is 0.152 e. The number of rotatable bonds is 3. The predicted octanol–water partition coefficient (Wildman–Crippen LogP) is 5.57. The molecule has 1 aromatic heterocycles. The van der Waals surface area contributed by atoms with Crippen molar-refractivity contribution in [3.05, 3.63) is 68.8 Å². The van der Waals surface area contributed by atoms with Gasteiger partial charge in [-0.3, -0.25) is 4.79 Å². The molecule has 0 amide bonds. The minimum atomic E-state index is 0.669. The minimum absolute atomic E-state index is 0.669. The standard InChI is InChI=1S/C17H11BrClNO/c18-12-4-7-14-15(10-21)16(20-17(14)9-12)8-3-11-1-5-13(19)6-2-11/h1-10,20H/b8-3+. The van der Waals surface area contributed by atoms with Gasteiger partial charge in [-0.1, -0.05) is 51.8 Å². The highest BCUT2D eigenvalue weighted by molar-refractivity contribution is 9.10. The molecular formula is C17H11BrClNO. The Morgan fingerprint density at radius 3 is 2.52 bits per heavy atom. The Hall–Kier alpha value is -1.84. The van der Waals surface area contributed by atoms with E-state index in [0.29, 0.717) is 10.6 Å². The molecule has 3 rings (SSSR count). The van der Waals surface area contributed by atoms with Crippen molar-refractivity contribution in [2.75, 3.05) is 0 Å². The second-order valence-corrected chi connectivity index (χ2v) is 6.00. The summed E-state index contributed by atoms with van der Waals surface area (Å²) in [6.07, 6.45) is 4.73. The Kier molecular flexibility index (Phi) is 3.95. The van der Waals surface area contributed by atoms with Gasteiger partial charge in [0, 0.05) is 31.7 Å². The number of fused-ring (bicyclic) bond motifs is 1. The van der Waals surface area contributed by atoms with Crippen molar-refractivity contribution in [2.45, 2.75) is 0 Å². The summed E-state index contributed by atoms with van der Waals surface area (Å²) in [5.74, 6) is 0. The van der Waals surface area contributed by atoms with Crippen molar-refractivity contribution in [1.29, 1.82) is 0 Å². The van der Waals surface area contributed by atoms with Gasteiger partial charge in [0.05, 0.1) is 0 Å². The lowest BCUT2D eigenvalue weighted by atomic mass is 10.1. The molecule has 3 aromatic rings. The van der Waals surface area contributed by atoms with Crippen LogP contribution in [0.2, 0.25) is 5.02 Å². The summed E-state index contributed by atoms with van der Waals surface area (Å²) < 4.78 is 0.974. The van der Waals surface area contributed by atoms with E-state index in [9.17, 15) is 4.79 Å². The summed E-state index contributed by atoms with van der Waals surface area (Å²) in [4.78, 5) is 14.6. The highest BCUT2D eigenvalue weighted by atomic mass is 79.9. The first-order chi connectivity index (χ1) is 10.2. The average Bonchev–Trinajstić information content (AvgIpc) is 2.83. The maximum atomic E-state index is 11.4. The molecule has 1 heterocycles. The molecule has 0 atom stereocenters. The summed E-state index contributed by atoms with van der Waals surface area (Å²) in [5.41, 5.74) is 3.43. The van der Waals surface area contributed by atoms with E-state index in [-0.39, 0.29) is 0 Å². The molecule has 0 aliphatic heterocycles. The van der Waals surface area contributed by atoms with E-state index in [1.54, 1.807) is 0 Å². The molecule has 0 radical (unpaired) electrons. The van der Waals surface area contributed by atoms with Crippen LogP contribution in [0, 0.1) is 0 Å². The summed E-state index contributed by atoms with van der Waals surface area (Å²) in [7, 11) is 0. The van der Waals surface area contributed by atoms with E-state index in [0.717, 1.165) is 32.9 Å². The van der Waals surface area contributed by atoms with Gasteiger partial charge >= 0.3 is 0 Å². The number of aldehydes is 1. The molecule has 0 saturated heterocycles. The van der Waals surface area contributed by atoms with E-state index >= 15 is 0 Å². The topological polar surface area (TPSA) is 32.9 Å². The van der Waals surface area contributed by atoms with Gasteiger partial charge in [-0.15, -0.1) is 0 Å². The van der Waals surface area contributed by atoms with Crippen LogP contribution in [0.1, 0.15) is 21.6 Å². The van der Waals surface area contributed by atoms with Crippen molar-refractivity contribution in [3.63, 3.8) is 0 Å². The van der Waals surface area contributed by atoms with Crippen LogP contribution in [0.15, 0.2) is 46.9 Å². The first-order valence-electron chi connectivity index (χ1n) is 6.37. The predicted molar refractivity (Wildman–Crippen MR) is 91.8 cm³/mol. The SMILES string of the molecule is O=Cc1c(/C=C/c2ccc(Cl)cc2)[nH]c2cc(Br)ccc12. The fourth-order valence-electron chi connectivity index (χ4n) is 2.22. The molecule has 0 aliphatic rings. The number of hydrogen-bond acceptors (Lipinski definition) is 1. The summed E-state index contributed by atoms with van der Waals surface area (Å²) in [5, 5.41) is 1.63. The molecule has 104 valence electrons. The van der Waals surface area contributed by atoms with Gasteiger partial charge in [-0.25, -0.2) is 0 Å². The lowest BCUT2D eigenvalue weighted by Gasteiger charge is -1.94. The van der Waals surface area contributed by atoms with E-state index in [2.05, 4.69) is 20.9 Å². The largest absolute Gasteiger partial charge is 0.354 e. The van der Waals surface area contributed by atoms with Gasteiger partial charge in [0.1, 0.15) is 0 Å². The van der Waals surface area contributed by atoms with Gasteiger partial charge in [-0.05, 0) is 35.9 Å². The van der Waals surface area contributed by atoms with Crippen LogP contribution in [0.3, 0.4) is 0 Å². The highest BCUT2D eigenvalue weighted by Crippen LogP contribution is 2.25. The number of benzene rings is 2. The van der Waals surface area contributed by atoms with Gasteiger partial charge in [-0.2, -0.15) is 0 Å². The average molecular weight is 361 g/mol. The maximum absolute atomic E-state index is 11.4. The number of aromatic nitrogens is 1. The smallest absolute Gasteiger partial charge is 0.152 e. The third-order valence-corrected chi connectivity index (χ3v) is 4.01. The molecule has 21 heavy (non-hydrogen) atoms. The van der Waals surface area contributed by atoms with Crippen LogP contribution >= 0.6 is 27.5 Å². The zero-order chi connectivity index (χ0) is 14.8. The first kappa shape index (κ1) is 14.1. The molecule has 0 fully saturated rings. The number of hydrogen-bond donors (Lipinski definition) is 1. The van der Waals surface area contributed by atoms with E-state index < -0.39 is 0 Å².